The lowest BCUT2D eigenvalue weighted by Crippen LogP contribution is -2.06. The van der Waals surface area contributed by atoms with Gasteiger partial charge in [0.05, 0.1) is 11.0 Å². The summed E-state index contributed by atoms with van der Waals surface area (Å²) in [5.74, 6) is 0. The van der Waals surface area contributed by atoms with Crippen LogP contribution >= 0.6 is 0 Å². The molecule has 0 unspecified atom stereocenters. The van der Waals surface area contributed by atoms with E-state index in [2.05, 4.69) is 4.98 Å². The topological polar surface area (TPSA) is 55.1 Å². The third kappa shape index (κ3) is 1.04. The highest BCUT2D eigenvalue weighted by atomic mass is 16.4. The Hall–Kier alpha value is -2.36. The molecule has 0 aliphatic carbocycles. The van der Waals surface area contributed by atoms with Crippen LogP contribution in [0.2, 0.25) is 0 Å². The predicted octanol–water partition coefficient (Wildman–Crippen LogP) is 2.72. The summed E-state index contributed by atoms with van der Waals surface area (Å²) >= 11 is 0. The minimum absolute atomic E-state index is 0.670. The third-order valence-corrected chi connectivity index (χ3v) is 2.67. The van der Waals surface area contributed by atoms with Crippen LogP contribution in [-0.2, 0) is 0 Å². The smallest absolute Gasteiger partial charge is 0.416 e. The predicted molar refractivity (Wildman–Crippen MR) is 60.7 cm³/mol. The lowest BCUT2D eigenvalue weighted by Gasteiger charge is -1.98. The second-order valence-electron chi connectivity index (χ2n) is 3.53. The average molecular weight is 212 g/mol. The molecule has 0 aliphatic rings. The van der Waals surface area contributed by atoms with Crippen molar-refractivity contribution in [1.29, 1.82) is 0 Å². The van der Waals surface area contributed by atoms with Gasteiger partial charge >= 0.3 is 6.09 Å². The maximum Gasteiger partial charge on any atom is 0.416 e. The van der Waals surface area contributed by atoms with Crippen LogP contribution in [0.25, 0.3) is 21.8 Å². The Bertz CT molecular complexity index is 647. The zero-order chi connectivity index (χ0) is 11.1. The summed E-state index contributed by atoms with van der Waals surface area (Å²) in [6.45, 7) is 0. The fourth-order valence-corrected chi connectivity index (χ4v) is 2.02. The molecule has 3 rings (SSSR count). The Labute approximate surface area is 90.8 Å². The van der Waals surface area contributed by atoms with E-state index in [0.717, 1.165) is 10.8 Å². The van der Waals surface area contributed by atoms with E-state index in [1.165, 1.54) is 4.57 Å². The molecule has 3 aromatic rings. The quantitative estimate of drug-likeness (QED) is 0.623. The van der Waals surface area contributed by atoms with Crippen LogP contribution in [0.15, 0.2) is 42.7 Å². The largest absolute Gasteiger partial charge is 0.464 e. The van der Waals surface area contributed by atoms with Crippen molar-refractivity contribution in [3.05, 3.63) is 42.7 Å². The van der Waals surface area contributed by atoms with Gasteiger partial charge in [0.15, 0.2) is 0 Å². The molecule has 0 bridgehead atoms. The number of fused-ring (bicyclic) bond motifs is 3. The van der Waals surface area contributed by atoms with Crippen LogP contribution in [0.3, 0.4) is 0 Å². The van der Waals surface area contributed by atoms with Crippen molar-refractivity contribution >= 4 is 27.9 Å². The van der Waals surface area contributed by atoms with Crippen molar-refractivity contribution in [1.82, 2.24) is 9.55 Å². The number of benzene rings is 1. The number of carboxylic acid groups (broad SMARTS) is 1. The molecule has 2 heterocycles. The number of aromatic nitrogens is 2. The summed E-state index contributed by atoms with van der Waals surface area (Å²) in [5.41, 5.74) is 1.36. The van der Waals surface area contributed by atoms with Gasteiger partial charge in [0.2, 0.25) is 0 Å². The minimum Gasteiger partial charge on any atom is -0.464 e. The normalized spacial score (nSPS) is 11.0. The molecule has 0 amide bonds. The summed E-state index contributed by atoms with van der Waals surface area (Å²) in [7, 11) is 0. The Morgan fingerprint density at radius 3 is 2.69 bits per heavy atom. The Morgan fingerprint density at radius 1 is 1.12 bits per heavy atom. The standard InChI is InChI=1S/C12H8N2O2/c15-12(16)14-10-4-2-1-3-8(10)9-7-13-6-5-11(9)14/h1-7H,(H,15,16). The minimum atomic E-state index is -0.975. The SMILES string of the molecule is O=C(O)n1c2ccccc2c2cnccc21. The number of nitrogens with zero attached hydrogens (tertiary/aromatic N) is 2. The Balaban J connectivity index is 2.64. The van der Waals surface area contributed by atoms with Crippen molar-refractivity contribution in [2.24, 2.45) is 0 Å². The number of rotatable bonds is 0. The molecule has 0 saturated heterocycles. The number of hydrogen-bond donors (Lipinski definition) is 1. The lowest BCUT2D eigenvalue weighted by molar-refractivity contribution is 0.198. The highest BCUT2D eigenvalue weighted by Crippen LogP contribution is 2.27. The molecule has 1 aromatic carbocycles. The molecule has 2 aromatic heterocycles. The first-order valence-corrected chi connectivity index (χ1v) is 4.85. The van der Waals surface area contributed by atoms with Gasteiger partial charge in [-0.15, -0.1) is 0 Å². The molecule has 0 spiro atoms. The van der Waals surface area contributed by atoms with Gasteiger partial charge in [-0.2, -0.15) is 0 Å². The van der Waals surface area contributed by atoms with Crippen molar-refractivity contribution in [2.75, 3.05) is 0 Å². The van der Waals surface area contributed by atoms with Gasteiger partial charge in [-0.25, -0.2) is 9.36 Å². The van der Waals surface area contributed by atoms with Crippen LogP contribution in [0.4, 0.5) is 4.79 Å². The molecular weight excluding hydrogens is 204 g/mol. The van der Waals surface area contributed by atoms with E-state index in [-0.39, 0.29) is 0 Å². The maximum absolute atomic E-state index is 11.2. The molecule has 1 N–H and O–H groups in total. The summed E-state index contributed by atoms with van der Waals surface area (Å²) in [5, 5.41) is 11.0. The van der Waals surface area contributed by atoms with E-state index in [4.69, 9.17) is 0 Å². The molecule has 78 valence electrons. The molecule has 0 fully saturated rings. The summed E-state index contributed by atoms with van der Waals surface area (Å²) in [6, 6.07) is 9.13. The molecule has 0 saturated carbocycles. The van der Waals surface area contributed by atoms with E-state index in [1.807, 2.05) is 18.2 Å². The van der Waals surface area contributed by atoms with Gasteiger partial charge in [-0.05, 0) is 12.1 Å². The molecule has 0 radical (unpaired) electrons. The first kappa shape index (κ1) is 8.91. The fraction of sp³-hybridized carbons (Fsp3) is 0. The van der Waals surface area contributed by atoms with Gasteiger partial charge in [-0.3, -0.25) is 4.98 Å². The second kappa shape index (κ2) is 3.06. The monoisotopic (exact) mass is 212 g/mol. The average Bonchev–Trinajstić information content (AvgIpc) is 2.63. The number of para-hydroxylation sites is 1. The first-order valence-electron chi connectivity index (χ1n) is 4.85. The van der Waals surface area contributed by atoms with Crippen molar-refractivity contribution in [3.8, 4) is 0 Å². The van der Waals surface area contributed by atoms with Gasteiger partial charge in [0, 0.05) is 23.2 Å². The molecule has 0 atom stereocenters. The molecule has 16 heavy (non-hydrogen) atoms. The Morgan fingerprint density at radius 2 is 1.88 bits per heavy atom. The van der Waals surface area contributed by atoms with Crippen molar-refractivity contribution < 1.29 is 9.90 Å². The van der Waals surface area contributed by atoms with Gasteiger partial charge in [-0.1, -0.05) is 18.2 Å². The third-order valence-electron chi connectivity index (χ3n) is 2.67. The van der Waals surface area contributed by atoms with E-state index < -0.39 is 6.09 Å². The fourth-order valence-electron chi connectivity index (χ4n) is 2.02. The van der Waals surface area contributed by atoms with Crippen LogP contribution in [-0.4, -0.2) is 20.8 Å². The zero-order valence-corrected chi connectivity index (χ0v) is 8.29. The molecule has 4 nitrogen and oxygen atoms in total. The molecule has 4 heteroatoms. The van der Waals surface area contributed by atoms with E-state index in [9.17, 15) is 9.90 Å². The van der Waals surface area contributed by atoms with Crippen molar-refractivity contribution in [2.45, 2.75) is 0 Å². The van der Waals surface area contributed by atoms with Crippen LogP contribution in [0.1, 0.15) is 0 Å². The number of hydrogen-bond acceptors (Lipinski definition) is 2. The van der Waals surface area contributed by atoms with Gasteiger partial charge in [0.25, 0.3) is 0 Å². The number of carbonyl (C=O) groups is 1. The highest BCUT2D eigenvalue weighted by Gasteiger charge is 2.13. The van der Waals surface area contributed by atoms with E-state index >= 15 is 0 Å². The van der Waals surface area contributed by atoms with E-state index in [1.54, 1.807) is 24.5 Å². The van der Waals surface area contributed by atoms with Crippen LogP contribution in [0, 0.1) is 0 Å². The summed E-state index contributed by atoms with van der Waals surface area (Å²) < 4.78 is 1.28. The highest BCUT2D eigenvalue weighted by molar-refractivity contribution is 6.11. The second-order valence-corrected chi connectivity index (χ2v) is 3.53. The lowest BCUT2D eigenvalue weighted by atomic mass is 10.2. The maximum atomic E-state index is 11.2. The van der Waals surface area contributed by atoms with Crippen LogP contribution < -0.4 is 0 Å². The van der Waals surface area contributed by atoms with Crippen LogP contribution in [0.5, 0.6) is 0 Å². The van der Waals surface area contributed by atoms with E-state index in [0.29, 0.717) is 11.0 Å². The van der Waals surface area contributed by atoms with Gasteiger partial charge in [0.1, 0.15) is 0 Å². The summed E-state index contributed by atoms with van der Waals surface area (Å²) in [4.78, 5) is 15.3. The van der Waals surface area contributed by atoms with Crippen molar-refractivity contribution in [3.63, 3.8) is 0 Å². The molecular formula is C12H8N2O2. The zero-order valence-electron chi connectivity index (χ0n) is 8.29. The molecule has 0 aliphatic heterocycles. The first-order chi connectivity index (χ1) is 7.79. The Kier molecular flexibility index (Phi) is 1.71. The number of pyridine rings is 1. The summed E-state index contributed by atoms with van der Waals surface area (Å²) in [6.07, 6.45) is 2.31. The van der Waals surface area contributed by atoms with Gasteiger partial charge < -0.3 is 5.11 Å².